The van der Waals surface area contributed by atoms with Gasteiger partial charge in [0.15, 0.2) is 15.2 Å². The van der Waals surface area contributed by atoms with Crippen LogP contribution in [0.4, 0.5) is 5.13 Å². The van der Waals surface area contributed by atoms with Crippen LogP contribution in [0.3, 0.4) is 0 Å². The number of aromatic carboxylic acids is 1. The van der Waals surface area contributed by atoms with E-state index in [1.807, 2.05) is 24.9 Å². The highest BCUT2D eigenvalue weighted by molar-refractivity contribution is 7.18. The number of rotatable bonds is 4. The van der Waals surface area contributed by atoms with Crippen molar-refractivity contribution in [1.29, 1.82) is 0 Å². The Morgan fingerprint density at radius 2 is 2.39 bits per heavy atom. The summed E-state index contributed by atoms with van der Waals surface area (Å²) in [6.07, 6.45) is 1.62. The largest absolute Gasteiger partial charge is 0.477 e. The van der Waals surface area contributed by atoms with Crippen molar-refractivity contribution in [1.82, 2.24) is 4.98 Å². The molecule has 0 aromatic carbocycles. The number of anilines is 1. The van der Waals surface area contributed by atoms with Gasteiger partial charge in [-0.05, 0) is 13.0 Å². The van der Waals surface area contributed by atoms with E-state index >= 15 is 0 Å². The zero-order chi connectivity index (χ0) is 13.3. The van der Waals surface area contributed by atoms with Crippen molar-refractivity contribution in [3.05, 3.63) is 33.7 Å². The lowest BCUT2D eigenvalue weighted by atomic mass is 10.2. The minimum Gasteiger partial charge on any atom is -0.477 e. The van der Waals surface area contributed by atoms with Gasteiger partial charge in [-0.3, -0.25) is 0 Å². The molecule has 0 atom stereocenters. The molecule has 0 spiro atoms. The van der Waals surface area contributed by atoms with Gasteiger partial charge in [0.1, 0.15) is 5.76 Å². The molecule has 96 valence electrons. The highest BCUT2D eigenvalue weighted by atomic mass is 35.5. The second-order valence-electron chi connectivity index (χ2n) is 3.78. The quantitative estimate of drug-likeness (QED) is 0.936. The molecule has 18 heavy (non-hydrogen) atoms. The molecule has 0 radical (unpaired) electrons. The first-order chi connectivity index (χ1) is 8.49. The number of halogens is 1. The molecule has 0 bridgehead atoms. The van der Waals surface area contributed by atoms with Crippen LogP contribution in [0.15, 0.2) is 16.7 Å². The maximum absolute atomic E-state index is 10.9. The summed E-state index contributed by atoms with van der Waals surface area (Å²) < 4.78 is 5.20. The van der Waals surface area contributed by atoms with E-state index in [0.29, 0.717) is 11.7 Å². The van der Waals surface area contributed by atoms with E-state index in [4.69, 9.17) is 21.1 Å². The van der Waals surface area contributed by atoms with Gasteiger partial charge >= 0.3 is 5.97 Å². The van der Waals surface area contributed by atoms with Crippen molar-refractivity contribution in [3.8, 4) is 0 Å². The van der Waals surface area contributed by atoms with Gasteiger partial charge in [-0.2, -0.15) is 0 Å². The number of carboxylic acids is 1. The maximum Gasteiger partial charge on any atom is 0.349 e. The molecule has 0 unspecified atom stereocenters. The van der Waals surface area contributed by atoms with E-state index in [0.717, 1.165) is 22.7 Å². The number of nitrogens with zero attached hydrogens (tertiary/aromatic N) is 2. The standard InChI is InChI=1S/C11H11ClN2O3S/c1-6-7(3-4-17-6)5-14(2)11-13-9(12)8(18-11)10(15)16/h3-4H,5H2,1-2H3,(H,15,16). The Morgan fingerprint density at radius 1 is 1.67 bits per heavy atom. The lowest BCUT2D eigenvalue weighted by Gasteiger charge is -2.14. The normalized spacial score (nSPS) is 10.6. The first-order valence-electron chi connectivity index (χ1n) is 5.12. The molecular formula is C11H11ClN2O3S. The SMILES string of the molecule is Cc1occc1CN(C)c1nc(Cl)c(C(=O)O)s1. The molecular weight excluding hydrogens is 276 g/mol. The fourth-order valence-electron chi connectivity index (χ4n) is 1.48. The zero-order valence-corrected chi connectivity index (χ0v) is 11.4. The number of carbonyl (C=O) groups is 1. The molecule has 2 aromatic rings. The Hall–Kier alpha value is -1.53. The van der Waals surface area contributed by atoms with Crippen molar-refractivity contribution in [2.24, 2.45) is 0 Å². The molecule has 0 amide bonds. The Morgan fingerprint density at radius 3 is 2.89 bits per heavy atom. The number of carboxylic acid groups (broad SMARTS) is 1. The fourth-order valence-corrected chi connectivity index (χ4v) is 2.57. The smallest absolute Gasteiger partial charge is 0.349 e. The van der Waals surface area contributed by atoms with Crippen LogP contribution in [0.5, 0.6) is 0 Å². The van der Waals surface area contributed by atoms with Gasteiger partial charge in [0.2, 0.25) is 0 Å². The van der Waals surface area contributed by atoms with Crippen LogP contribution < -0.4 is 4.90 Å². The molecule has 5 nitrogen and oxygen atoms in total. The van der Waals surface area contributed by atoms with Gasteiger partial charge in [-0.15, -0.1) is 0 Å². The minimum absolute atomic E-state index is 0.0262. The van der Waals surface area contributed by atoms with Gasteiger partial charge in [0.05, 0.1) is 6.26 Å². The highest BCUT2D eigenvalue weighted by Crippen LogP contribution is 2.30. The van der Waals surface area contributed by atoms with Crippen LogP contribution in [0.2, 0.25) is 5.15 Å². The monoisotopic (exact) mass is 286 g/mol. The molecule has 0 aliphatic carbocycles. The van der Waals surface area contributed by atoms with E-state index in [1.165, 1.54) is 0 Å². The Balaban J connectivity index is 2.19. The van der Waals surface area contributed by atoms with E-state index in [2.05, 4.69) is 4.98 Å². The van der Waals surface area contributed by atoms with Gasteiger partial charge in [-0.1, -0.05) is 22.9 Å². The summed E-state index contributed by atoms with van der Waals surface area (Å²) in [5, 5.41) is 9.51. The maximum atomic E-state index is 10.9. The van der Waals surface area contributed by atoms with E-state index in [-0.39, 0.29) is 10.0 Å². The third-order valence-electron chi connectivity index (χ3n) is 2.47. The molecule has 2 heterocycles. The Labute approximate surface area is 113 Å². The van der Waals surface area contributed by atoms with Gasteiger partial charge in [0, 0.05) is 19.2 Å². The first-order valence-corrected chi connectivity index (χ1v) is 6.32. The Kier molecular flexibility index (Phi) is 3.58. The number of aromatic nitrogens is 1. The van der Waals surface area contributed by atoms with Gasteiger partial charge in [0.25, 0.3) is 0 Å². The predicted octanol–water partition coefficient (Wildman–Crippen LogP) is 3.03. The first kappa shape index (κ1) is 12.9. The van der Waals surface area contributed by atoms with Crippen molar-refractivity contribution in [3.63, 3.8) is 0 Å². The molecule has 2 aromatic heterocycles. The third-order valence-corrected chi connectivity index (χ3v) is 4.01. The number of hydrogen-bond donors (Lipinski definition) is 1. The number of hydrogen-bond acceptors (Lipinski definition) is 5. The summed E-state index contributed by atoms with van der Waals surface area (Å²) in [7, 11) is 1.83. The van der Waals surface area contributed by atoms with Crippen molar-refractivity contribution >= 4 is 34.0 Å². The average molecular weight is 287 g/mol. The average Bonchev–Trinajstić information content (AvgIpc) is 2.86. The van der Waals surface area contributed by atoms with E-state index in [9.17, 15) is 4.79 Å². The van der Waals surface area contributed by atoms with Crippen LogP contribution in [0.25, 0.3) is 0 Å². The summed E-state index contributed by atoms with van der Waals surface area (Å²) in [5.41, 5.74) is 1.03. The van der Waals surface area contributed by atoms with Crippen LogP contribution in [-0.4, -0.2) is 23.1 Å². The summed E-state index contributed by atoms with van der Waals surface area (Å²) in [6.45, 7) is 2.46. The number of thiazole rings is 1. The van der Waals surface area contributed by atoms with E-state index in [1.54, 1.807) is 6.26 Å². The van der Waals surface area contributed by atoms with Crippen LogP contribution in [-0.2, 0) is 6.54 Å². The minimum atomic E-state index is -1.06. The zero-order valence-electron chi connectivity index (χ0n) is 9.81. The fraction of sp³-hybridized carbons (Fsp3) is 0.273. The molecule has 7 heteroatoms. The third kappa shape index (κ3) is 2.49. The molecule has 0 aliphatic heterocycles. The molecule has 0 saturated carbocycles. The number of aryl methyl sites for hydroxylation is 1. The van der Waals surface area contributed by atoms with Crippen molar-refractivity contribution in [2.45, 2.75) is 13.5 Å². The molecule has 0 saturated heterocycles. The summed E-state index contributed by atoms with van der Waals surface area (Å²) in [5.74, 6) is -0.223. The second-order valence-corrected chi connectivity index (χ2v) is 5.12. The topological polar surface area (TPSA) is 66.6 Å². The van der Waals surface area contributed by atoms with Crippen molar-refractivity contribution < 1.29 is 14.3 Å². The summed E-state index contributed by atoms with van der Waals surface area (Å²) >= 11 is 6.83. The lowest BCUT2D eigenvalue weighted by molar-refractivity contribution is 0.0702. The van der Waals surface area contributed by atoms with Crippen LogP contribution >= 0.6 is 22.9 Å². The van der Waals surface area contributed by atoms with E-state index < -0.39 is 5.97 Å². The molecule has 0 fully saturated rings. The lowest BCUT2D eigenvalue weighted by Crippen LogP contribution is -2.16. The molecule has 2 rings (SSSR count). The van der Waals surface area contributed by atoms with Crippen LogP contribution in [0, 0.1) is 6.92 Å². The summed E-state index contributed by atoms with van der Waals surface area (Å²) in [4.78, 5) is 16.8. The van der Waals surface area contributed by atoms with Gasteiger partial charge < -0.3 is 14.4 Å². The molecule has 0 aliphatic rings. The van der Waals surface area contributed by atoms with Crippen LogP contribution in [0.1, 0.15) is 21.0 Å². The number of furan rings is 1. The highest BCUT2D eigenvalue weighted by Gasteiger charge is 2.18. The van der Waals surface area contributed by atoms with Crippen molar-refractivity contribution in [2.75, 3.05) is 11.9 Å². The summed E-state index contributed by atoms with van der Waals surface area (Å²) in [6, 6.07) is 1.87. The van der Waals surface area contributed by atoms with Gasteiger partial charge in [-0.25, -0.2) is 9.78 Å². The predicted molar refractivity (Wildman–Crippen MR) is 69.6 cm³/mol. The molecule has 1 N–H and O–H groups in total. The Bertz CT molecular complexity index is 579. The second kappa shape index (κ2) is 4.99.